The van der Waals surface area contributed by atoms with Crippen LogP contribution in [0.2, 0.25) is 0 Å². The van der Waals surface area contributed by atoms with Crippen molar-refractivity contribution in [2.75, 3.05) is 18.6 Å². The Balaban J connectivity index is 1.31. The molecule has 3 aromatic heterocycles. The normalized spacial score (nSPS) is 13.3. The standard InChI is InChI=1S/C33H23N3O4/c1-35-14-15-36(20-35)21-16-25-23-8-2-4-10-26(23)40-33(25)30(17-21)37-22-18-28-32(24-9-3-5-11-27(24)38-28)29(19-22)39-31-12-6-7-13-34-31/h2-19H,20H2,1H3. The van der Waals surface area contributed by atoms with Crippen molar-refractivity contribution in [1.82, 2.24) is 9.88 Å². The van der Waals surface area contributed by atoms with E-state index < -0.39 is 0 Å². The van der Waals surface area contributed by atoms with Crippen LogP contribution in [0.4, 0.5) is 5.69 Å². The quantitative estimate of drug-likeness (QED) is 0.223. The summed E-state index contributed by atoms with van der Waals surface area (Å²) in [6.07, 6.45) is 5.82. The first-order valence-corrected chi connectivity index (χ1v) is 13.0. The van der Waals surface area contributed by atoms with Crippen LogP contribution in [0.1, 0.15) is 0 Å². The van der Waals surface area contributed by atoms with E-state index in [0.29, 0.717) is 34.3 Å². The van der Waals surface area contributed by atoms with Crippen LogP contribution in [0.3, 0.4) is 0 Å². The van der Waals surface area contributed by atoms with Crippen molar-refractivity contribution >= 4 is 49.6 Å². The molecule has 0 amide bonds. The molecule has 0 bridgehead atoms. The lowest BCUT2D eigenvalue weighted by atomic mass is 10.1. The minimum Gasteiger partial charge on any atom is -0.456 e. The van der Waals surface area contributed by atoms with Crippen LogP contribution < -0.4 is 14.4 Å². The van der Waals surface area contributed by atoms with Crippen LogP contribution in [0, 0.1) is 0 Å². The van der Waals surface area contributed by atoms with Crippen molar-refractivity contribution in [2.45, 2.75) is 0 Å². The number of anilines is 1. The third-order valence-corrected chi connectivity index (χ3v) is 7.13. The Bertz CT molecular complexity index is 2080. The fourth-order valence-electron chi connectivity index (χ4n) is 5.30. The van der Waals surface area contributed by atoms with Crippen LogP contribution in [-0.4, -0.2) is 23.6 Å². The van der Waals surface area contributed by atoms with Crippen LogP contribution in [0.5, 0.6) is 23.1 Å². The van der Waals surface area contributed by atoms with E-state index in [-0.39, 0.29) is 0 Å². The molecule has 7 aromatic rings. The molecule has 1 aliphatic rings. The van der Waals surface area contributed by atoms with E-state index in [0.717, 1.165) is 45.1 Å². The topological polar surface area (TPSA) is 64.1 Å². The van der Waals surface area contributed by atoms with Crippen molar-refractivity contribution < 1.29 is 18.3 Å². The van der Waals surface area contributed by atoms with E-state index in [2.05, 4.69) is 39.3 Å². The highest BCUT2D eigenvalue weighted by molar-refractivity contribution is 6.10. The lowest BCUT2D eigenvalue weighted by molar-refractivity contribution is 0.451. The summed E-state index contributed by atoms with van der Waals surface area (Å²) >= 11 is 0. The monoisotopic (exact) mass is 525 g/mol. The van der Waals surface area contributed by atoms with Gasteiger partial charge >= 0.3 is 0 Å². The number of ether oxygens (including phenoxy) is 2. The molecule has 0 unspecified atom stereocenters. The number of furan rings is 2. The molecule has 1 aliphatic heterocycles. The van der Waals surface area contributed by atoms with Gasteiger partial charge < -0.3 is 28.1 Å². The zero-order chi connectivity index (χ0) is 26.6. The lowest BCUT2D eigenvalue weighted by Crippen LogP contribution is -2.21. The number of aromatic nitrogens is 1. The van der Waals surface area contributed by atoms with E-state index in [1.54, 1.807) is 6.20 Å². The maximum Gasteiger partial charge on any atom is 0.219 e. The molecular formula is C33H23N3O4. The number of fused-ring (bicyclic) bond motifs is 6. The Morgan fingerprint density at radius 2 is 1.50 bits per heavy atom. The summed E-state index contributed by atoms with van der Waals surface area (Å²) in [5, 5.41) is 3.84. The van der Waals surface area contributed by atoms with Gasteiger partial charge in [0.25, 0.3) is 0 Å². The van der Waals surface area contributed by atoms with Gasteiger partial charge in [-0.25, -0.2) is 4.98 Å². The van der Waals surface area contributed by atoms with Gasteiger partial charge in [0.15, 0.2) is 11.3 Å². The predicted octanol–water partition coefficient (Wildman–Crippen LogP) is 8.65. The second-order valence-electron chi connectivity index (χ2n) is 9.85. The molecule has 0 saturated heterocycles. The first-order chi connectivity index (χ1) is 19.7. The molecule has 194 valence electrons. The third-order valence-electron chi connectivity index (χ3n) is 7.13. The molecule has 40 heavy (non-hydrogen) atoms. The van der Waals surface area contributed by atoms with E-state index in [9.17, 15) is 0 Å². The van der Waals surface area contributed by atoms with E-state index in [1.807, 2.05) is 85.9 Å². The van der Waals surface area contributed by atoms with Crippen molar-refractivity contribution in [3.63, 3.8) is 0 Å². The van der Waals surface area contributed by atoms with Gasteiger partial charge in [-0.2, -0.15) is 0 Å². The second kappa shape index (κ2) is 8.81. The first-order valence-electron chi connectivity index (χ1n) is 13.0. The number of hydrogen-bond donors (Lipinski definition) is 0. The van der Waals surface area contributed by atoms with Gasteiger partial charge in [0, 0.05) is 71.8 Å². The predicted molar refractivity (Wildman–Crippen MR) is 156 cm³/mol. The summed E-state index contributed by atoms with van der Waals surface area (Å²) in [4.78, 5) is 8.65. The summed E-state index contributed by atoms with van der Waals surface area (Å²) in [5.74, 6) is 2.24. The van der Waals surface area contributed by atoms with Gasteiger partial charge in [0.2, 0.25) is 5.88 Å². The molecular weight excluding hydrogens is 502 g/mol. The van der Waals surface area contributed by atoms with Crippen LogP contribution >= 0.6 is 0 Å². The largest absolute Gasteiger partial charge is 0.456 e. The fraction of sp³-hybridized carbons (Fsp3) is 0.0606. The van der Waals surface area contributed by atoms with Gasteiger partial charge in [-0.15, -0.1) is 0 Å². The molecule has 4 heterocycles. The Morgan fingerprint density at radius 1 is 0.700 bits per heavy atom. The molecule has 0 saturated carbocycles. The summed E-state index contributed by atoms with van der Waals surface area (Å²) in [6.45, 7) is 0.744. The van der Waals surface area contributed by atoms with Crippen molar-refractivity contribution in [1.29, 1.82) is 0 Å². The molecule has 4 aromatic carbocycles. The summed E-state index contributed by atoms with van der Waals surface area (Å²) in [7, 11) is 2.05. The summed E-state index contributed by atoms with van der Waals surface area (Å²) < 4.78 is 25.5. The van der Waals surface area contributed by atoms with Gasteiger partial charge in [-0.3, -0.25) is 0 Å². The van der Waals surface area contributed by atoms with Crippen LogP contribution in [0.25, 0.3) is 43.9 Å². The highest BCUT2D eigenvalue weighted by atomic mass is 16.5. The molecule has 0 radical (unpaired) electrons. The van der Waals surface area contributed by atoms with E-state index >= 15 is 0 Å². The Morgan fingerprint density at radius 3 is 2.30 bits per heavy atom. The van der Waals surface area contributed by atoms with Gasteiger partial charge in [0.1, 0.15) is 28.2 Å². The smallest absolute Gasteiger partial charge is 0.219 e. The maximum atomic E-state index is 6.61. The molecule has 0 atom stereocenters. The molecule has 7 nitrogen and oxygen atoms in total. The Kier molecular flexibility index (Phi) is 4.97. The molecule has 7 heteroatoms. The lowest BCUT2D eigenvalue weighted by Gasteiger charge is -2.19. The zero-order valence-electron chi connectivity index (χ0n) is 21.6. The number of benzene rings is 4. The first kappa shape index (κ1) is 22.5. The Hall–Kier alpha value is -5.43. The minimum atomic E-state index is 0.484. The highest BCUT2D eigenvalue weighted by Crippen LogP contribution is 2.44. The summed E-state index contributed by atoms with van der Waals surface area (Å²) in [6, 6.07) is 29.4. The van der Waals surface area contributed by atoms with Gasteiger partial charge in [-0.1, -0.05) is 42.5 Å². The average molecular weight is 526 g/mol. The number of para-hydroxylation sites is 2. The SMILES string of the molecule is CN1C=CN(c2cc(Oc3cc(Oc4ccccn4)c4c(c3)oc3ccccc34)c3oc4ccccc4c3c2)C1. The number of rotatable bonds is 5. The molecule has 0 N–H and O–H groups in total. The number of pyridine rings is 1. The highest BCUT2D eigenvalue weighted by Gasteiger charge is 2.21. The maximum absolute atomic E-state index is 6.61. The van der Waals surface area contributed by atoms with E-state index in [4.69, 9.17) is 18.3 Å². The van der Waals surface area contributed by atoms with Crippen LogP contribution in [0.15, 0.2) is 118 Å². The van der Waals surface area contributed by atoms with Gasteiger partial charge in [0.05, 0.1) is 12.1 Å². The van der Waals surface area contributed by atoms with E-state index in [1.165, 1.54) is 0 Å². The zero-order valence-corrected chi connectivity index (χ0v) is 21.6. The molecule has 0 fully saturated rings. The average Bonchev–Trinajstić information content (AvgIpc) is 3.68. The molecule has 0 spiro atoms. The van der Waals surface area contributed by atoms with Crippen molar-refractivity contribution in [2.24, 2.45) is 0 Å². The van der Waals surface area contributed by atoms with Crippen LogP contribution in [-0.2, 0) is 0 Å². The molecule has 8 rings (SSSR count). The molecule has 0 aliphatic carbocycles. The fourth-order valence-corrected chi connectivity index (χ4v) is 5.30. The number of nitrogens with zero attached hydrogens (tertiary/aromatic N) is 3. The van der Waals surface area contributed by atoms with Gasteiger partial charge in [-0.05, 0) is 24.3 Å². The number of hydrogen-bond acceptors (Lipinski definition) is 7. The Labute approximate surface area is 229 Å². The second-order valence-corrected chi connectivity index (χ2v) is 9.85. The van der Waals surface area contributed by atoms with Crippen molar-refractivity contribution in [3.05, 3.63) is 110 Å². The summed E-state index contributed by atoms with van der Waals surface area (Å²) in [5.41, 5.74) is 3.92. The minimum absolute atomic E-state index is 0.484. The van der Waals surface area contributed by atoms with Crippen molar-refractivity contribution in [3.8, 4) is 23.1 Å². The third kappa shape index (κ3) is 3.71.